The van der Waals surface area contributed by atoms with Gasteiger partial charge < -0.3 is 15.1 Å². The highest BCUT2D eigenvalue weighted by molar-refractivity contribution is 6.35. The second-order valence-corrected chi connectivity index (χ2v) is 6.47. The van der Waals surface area contributed by atoms with Gasteiger partial charge in [0.25, 0.3) is 5.91 Å². The second-order valence-electron chi connectivity index (χ2n) is 5.63. The van der Waals surface area contributed by atoms with Crippen molar-refractivity contribution < 1.29 is 14.0 Å². The van der Waals surface area contributed by atoms with Crippen molar-refractivity contribution in [1.29, 1.82) is 0 Å². The molecule has 7 heteroatoms. The van der Waals surface area contributed by atoms with Gasteiger partial charge in [0.15, 0.2) is 5.76 Å². The van der Waals surface area contributed by atoms with Gasteiger partial charge in [-0.3, -0.25) is 9.59 Å². The van der Waals surface area contributed by atoms with E-state index >= 15 is 0 Å². The lowest BCUT2D eigenvalue weighted by atomic mass is 10.0. The SMILES string of the molecule is CC(C)C(NC(=O)c1ccco1)C(=O)NCc1ccc(Cl)cc1Cl. The van der Waals surface area contributed by atoms with Gasteiger partial charge in [-0.25, -0.2) is 0 Å². The standard InChI is InChI=1S/C17H18Cl2N2O3/c1-10(2)15(21-16(22)14-4-3-7-24-14)17(23)20-9-11-5-6-12(18)8-13(11)19/h3-8,10,15H,9H2,1-2H3,(H,20,23)(H,21,22). The van der Waals surface area contributed by atoms with Crippen LogP contribution in [0.3, 0.4) is 0 Å². The Hall–Kier alpha value is -1.98. The van der Waals surface area contributed by atoms with E-state index in [2.05, 4.69) is 10.6 Å². The minimum Gasteiger partial charge on any atom is -0.459 e. The summed E-state index contributed by atoms with van der Waals surface area (Å²) in [6.45, 7) is 3.94. The van der Waals surface area contributed by atoms with E-state index in [1.165, 1.54) is 12.3 Å². The third-order valence-electron chi connectivity index (χ3n) is 3.45. The van der Waals surface area contributed by atoms with Gasteiger partial charge in [-0.1, -0.05) is 43.1 Å². The summed E-state index contributed by atoms with van der Waals surface area (Å²) < 4.78 is 5.04. The first-order valence-corrected chi connectivity index (χ1v) is 8.20. The minimum absolute atomic E-state index is 0.0930. The van der Waals surface area contributed by atoms with Crippen molar-refractivity contribution in [2.75, 3.05) is 0 Å². The fourth-order valence-electron chi connectivity index (χ4n) is 2.11. The highest BCUT2D eigenvalue weighted by Crippen LogP contribution is 2.20. The summed E-state index contributed by atoms with van der Waals surface area (Å²) in [6, 6.07) is 7.53. The molecular formula is C17H18Cl2N2O3. The molecule has 0 spiro atoms. The van der Waals surface area contributed by atoms with Crippen LogP contribution in [-0.2, 0) is 11.3 Å². The van der Waals surface area contributed by atoms with Crippen molar-refractivity contribution in [1.82, 2.24) is 10.6 Å². The van der Waals surface area contributed by atoms with Crippen LogP contribution in [0, 0.1) is 5.92 Å². The van der Waals surface area contributed by atoms with Crippen LogP contribution < -0.4 is 10.6 Å². The lowest BCUT2D eigenvalue weighted by Crippen LogP contribution is -2.49. The van der Waals surface area contributed by atoms with Crippen molar-refractivity contribution in [3.8, 4) is 0 Å². The van der Waals surface area contributed by atoms with Gasteiger partial charge in [0.2, 0.25) is 5.91 Å². The Kier molecular flexibility index (Phi) is 6.29. The zero-order valence-corrected chi connectivity index (χ0v) is 14.8. The largest absolute Gasteiger partial charge is 0.459 e. The monoisotopic (exact) mass is 368 g/mol. The molecule has 1 heterocycles. The quantitative estimate of drug-likeness (QED) is 0.817. The van der Waals surface area contributed by atoms with Gasteiger partial charge in [0, 0.05) is 16.6 Å². The predicted octanol–water partition coefficient (Wildman–Crippen LogP) is 3.66. The highest BCUT2D eigenvalue weighted by atomic mass is 35.5. The first-order valence-electron chi connectivity index (χ1n) is 7.44. The Bertz CT molecular complexity index is 715. The molecule has 2 aromatic rings. The Labute approximate surface area is 150 Å². The van der Waals surface area contributed by atoms with Crippen LogP contribution in [-0.4, -0.2) is 17.9 Å². The van der Waals surface area contributed by atoms with Crippen LogP contribution >= 0.6 is 23.2 Å². The van der Waals surface area contributed by atoms with Gasteiger partial charge in [0.1, 0.15) is 6.04 Å². The molecule has 5 nitrogen and oxygen atoms in total. The van der Waals surface area contributed by atoms with Crippen molar-refractivity contribution in [2.24, 2.45) is 5.92 Å². The van der Waals surface area contributed by atoms with E-state index < -0.39 is 11.9 Å². The number of benzene rings is 1. The topological polar surface area (TPSA) is 71.3 Å². The van der Waals surface area contributed by atoms with Crippen molar-refractivity contribution in [3.05, 3.63) is 58.0 Å². The molecule has 1 atom stereocenters. The fraction of sp³-hybridized carbons (Fsp3) is 0.294. The Balaban J connectivity index is 2.00. The fourth-order valence-corrected chi connectivity index (χ4v) is 2.59. The molecule has 0 saturated heterocycles. The molecular weight excluding hydrogens is 351 g/mol. The third kappa shape index (κ3) is 4.76. The molecule has 0 aliphatic carbocycles. The van der Waals surface area contributed by atoms with Gasteiger partial charge in [-0.15, -0.1) is 0 Å². The maximum absolute atomic E-state index is 12.4. The number of carbonyl (C=O) groups excluding carboxylic acids is 2. The summed E-state index contributed by atoms with van der Waals surface area (Å²) in [5, 5.41) is 6.46. The van der Waals surface area contributed by atoms with Crippen LogP contribution in [0.2, 0.25) is 10.0 Å². The van der Waals surface area contributed by atoms with E-state index in [1.54, 1.807) is 24.3 Å². The number of hydrogen-bond acceptors (Lipinski definition) is 3. The molecule has 0 fully saturated rings. The number of hydrogen-bond donors (Lipinski definition) is 2. The second kappa shape index (κ2) is 8.22. The molecule has 1 aromatic carbocycles. The van der Waals surface area contributed by atoms with Gasteiger partial charge in [-0.2, -0.15) is 0 Å². The minimum atomic E-state index is -0.686. The van der Waals surface area contributed by atoms with E-state index in [9.17, 15) is 9.59 Å². The molecule has 0 radical (unpaired) electrons. The van der Waals surface area contributed by atoms with Crippen LogP contribution in [0.25, 0.3) is 0 Å². The first kappa shape index (κ1) is 18.4. The Morgan fingerprint density at radius 2 is 1.96 bits per heavy atom. The van der Waals surface area contributed by atoms with Crippen LogP contribution in [0.4, 0.5) is 0 Å². The van der Waals surface area contributed by atoms with Crippen molar-refractivity contribution in [2.45, 2.75) is 26.4 Å². The Morgan fingerprint density at radius 3 is 2.54 bits per heavy atom. The summed E-state index contributed by atoms with van der Waals surface area (Å²) in [5.41, 5.74) is 0.745. The predicted molar refractivity (Wildman–Crippen MR) is 93.1 cm³/mol. The molecule has 1 aromatic heterocycles. The third-order valence-corrected chi connectivity index (χ3v) is 4.04. The van der Waals surface area contributed by atoms with Gasteiger partial charge >= 0.3 is 0 Å². The lowest BCUT2D eigenvalue weighted by molar-refractivity contribution is -0.124. The zero-order chi connectivity index (χ0) is 17.7. The zero-order valence-electron chi connectivity index (χ0n) is 13.3. The maximum atomic E-state index is 12.4. The number of amides is 2. The van der Waals surface area contributed by atoms with Gasteiger partial charge in [0.05, 0.1) is 6.26 Å². The molecule has 128 valence electrons. The summed E-state index contributed by atoms with van der Waals surface area (Å²) in [7, 11) is 0. The summed E-state index contributed by atoms with van der Waals surface area (Å²) >= 11 is 11.9. The van der Waals surface area contributed by atoms with Crippen LogP contribution in [0.15, 0.2) is 41.0 Å². The number of furan rings is 1. The molecule has 2 rings (SSSR count). The van der Waals surface area contributed by atoms with Crippen molar-refractivity contribution in [3.63, 3.8) is 0 Å². The average Bonchev–Trinajstić information content (AvgIpc) is 3.05. The lowest BCUT2D eigenvalue weighted by Gasteiger charge is -2.21. The number of rotatable bonds is 6. The van der Waals surface area contributed by atoms with E-state index in [-0.39, 0.29) is 24.1 Å². The molecule has 2 amide bonds. The highest BCUT2D eigenvalue weighted by Gasteiger charge is 2.25. The normalized spacial score (nSPS) is 12.0. The molecule has 0 aliphatic rings. The average molecular weight is 369 g/mol. The molecule has 0 aliphatic heterocycles. The smallest absolute Gasteiger partial charge is 0.287 e. The van der Waals surface area contributed by atoms with Crippen LogP contribution in [0.1, 0.15) is 30.0 Å². The number of nitrogens with one attached hydrogen (secondary N) is 2. The van der Waals surface area contributed by atoms with E-state index in [0.29, 0.717) is 10.0 Å². The molecule has 1 unspecified atom stereocenters. The molecule has 0 bridgehead atoms. The van der Waals surface area contributed by atoms with E-state index in [4.69, 9.17) is 27.6 Å². The van der Waals surface area contributed by atoms with Gasteiger partial charge in [-0.05, 0) is 35.7 Å². The maximum Gasteiger partial charge on any atom is 0.287 e. The summed E-state index contributed by atoms with van der Waals surface area (Å²) in [5.74, 6) is -0.659. The number of halogens is 2. The number of carbonyl (C=O) groups is 2. The molecule has 2 N–H and O–H groups in total. The summed E-state index contributed by atoms with van der Waals surface area (Å²) in [6.07, 6.45) is 1.40. The molecule has 24 heavy (non-hydrogen) atoms. The van der Waals surface area contributed by atoms with E-state index in [1.807, 2.05) is 13.8 Å². The van der Waals surface area contributed by atoms with Crippen LogP contribution in [0.5, 0.6) is 0 Å². The Morgan fingerprint density at radius 1 is 1.21 bits per heavy atom. The molecule has 0 saturated carbocycles. The summed E-state index contributed by atoms with van der Waals surface area (Å²) in [4.78, 5) is 24.5. The van der Waals surface area contributed by atoms with E-state index in [0.717, 1.165) is 5.56 Å². The van der Waals surface area contributed by atoms with Crippen molar-refractivity contribution >= 4 is 35.0 Å². The first-order chi connectivity index (χ1) is 11.4.